The smallest absolute Gasteiger partial charge is 0.339 e. The molecular weight excluding hydrogens is 455 g/mol. The van der Waals surface area contributed by atoms with Crippen LogP contribution in [0.2, 0.25) is 0 Å². The number of hydrogen-bond acceptors (Lipinski definition) is 8. The second-order valence-corrected chi connectivity index (χ2v) is 9.62. The number of aromatic nitrogens is 2. The van der Waals surface area contributed by atoms with Crippen LogP contribution in [0.25, 0.3) is 21.1 Å². The number of nitrogens with one attached hydrogen (secondary N) is 1. The topological polar surface area (TPSA) is 116 Å². The number of nitrogens with zero attached hydrogens (tertiary/aromatic N) is 3. The van der Waals surface area contributed by atoms with Gasteiger partial charge in [-0.2, -0.15) is 0 Å². The summed E-state index contributed by atoms with van der Waals surface area (Å²) in [6, 6.07) is 1.86. The summed E-state index contributed by atoms with van der Waals surface area (Å²) in [5.41, 5.74) is 0.884. The van der Waals surface area contributed by atoms with E-state index in [0.29, 0.717) is 17.2 Å². The van der Waals surface area contributed by atoms with Crippen molar-refractivity contribution in [2.24, 2.45) is 5.92 Å². The number of aromatic hydroxyl groups is 1. The summed E-state index contributed by atoms with van der Waals surface area (Å²) in [5, 5.41) is 24.7. The van der Waals surface area contributed by atoms with Gasteiger partial charge in [0.2, 0.25) is 5.91 Å². The molecule has 4 rings (SSSR count). The molecule has 0 radical (unpaired) electrons. The molecule has 3 N–H and O–H groups in total. The number of carboxylic acid groups (broad SMARTS) is 1. The number of carbonyl (C=O) groups is 2. The minimum Gasteiger partial charge on any atom is -0.507 e. The molecule has 0 saturated carbocycles. The zero-order chi connectivity index (χ0) is 23.0. The molecule has 3 heterocycles. The molecule has 1 unspecified atom stereocenters. The molecule has 168 valence electrons. The molecule has 0 spiro atoms. The van der Waals surface area contributed by atoms with Crippen molar-refractivity contribution in [3.8, 4) is 26.9 Å². The highest BCUT2D eigenvalue weighted by Gasteiger charge is 2.26. The van der Waals surface area contributed by atoms with Crippen molar-refractivity contribution in [1.82, 2.24) is 20.2 Å². The number of carbonyl (C=O) groups excluding carboxylic acids is 1. The number of halogens is 1. The fraction of sp³-hybridized carbons (Fsp3) is 0.333. The first-order chi connectivity index (χ1) is 15.2. The molecule has 0 bridgehead atoms. The highest BCUT2D eigenvalue weighted by atomic mass is 32.1. The molecule has 11 heteroatoms. The average molecular weight is 477 g/mol. The largest absolute Gasteiger partial charge is 0.507 e. The third kappa shape index (κ3) is 4.50. The van der Waals surface area contributed by atoms with E-state index < -0.39 is 23.1 Å². The van der Waals surface area contributed by atoms with Gasteiger partial charge >= 0.3 is 5.97 Å². The van der Waals surface area contributed by atoms with Crippen LogP contribution < -0.4 is 5.32 Å². The third-order valence-electron chi connectivity index (χ3n) is 5.30. The summed E-state index contributed by atoms with van der Waals surface area (Å²) in [5.74, 6) is -2.68. The SMILES string of the molecule is Cc1nc(CNC(=O)C2CCN(C)C2)sc1-c1csc(-c2cc(O)c(C(=O)O)cc2F)n1. The van der Waals surface area contributed by atoms with Gasteiger partial charge in [0.05, 0.1) is 28.7 Å². The standard InChI is InChI=1S/C21H21FN4O4S2/c1-10-18(32-17(24-10)7-23-19(28)11-3-4-26(2)8-11)15-9-31-20(25-15)12-6-16(27)13(21(29)30)5-14(12)22/h5-6,9,11,27H,3-4,7-8H2,1-2H3,(H,23,28)(H,29,30). The van der Waals surface area contributed by atoms with Gasteiger partial charge in [-0.25, -0.2) is 19.2 Å². The van der Waals surface area contributed by atoms with Gasteiger partial charge in [-0.1, -0.05) is 0 Å². The predicted molar refractivity (Wildman–Crippen MR) is 119 cm³/mol. The molecule has 0 aliphatic carbocycles. The number of carboxylic acids is 1. The van der Waals surface area contributed by atoms with Gasteiger partial charge in [-0.3, -0.25) is 4.79 Å². The number of thiazole rings is 2. The van der Waals surface area contributed by atoms with Crippen molar-refractivity contribution in [1.29, 1.82) is 0 Å². The van der Waals surface area contributed by atoms with E-state index in [1.807, 2.05) is 14.0 Å². The van der Waals surface area contributed by atoms with E-state index >= 15 is 0 Å². The van der Waals surface area contributed by atoms with Crippen molar-refractivity contribution in [3.63, 3.8) is 0 Å². The van der Waals surface area contributed by atoms with Crippen LogP contribution in [0.15, 0.2) is 17.5 Å². The van der Waals surface area contributed by atoms with Crippen LogP contribution >= 0.6 is 22.7 Å². The van der Waals surface area contributed by atoms with Crippen LogP contribution in [0, 0.1) is 18.7 Å². The van der Waals surface area contributed by atoms with Gasteiger partial charge in [-0.05, 0) is 39.1 Å². The van der Waals surface area contributed by atoms with E-state index in [9.17, 15) is 19.1 Å². The molecule has 32 heavy (non-hydrogen) atoms. The second kappa shape index (κ2) is 8.93. The van der Waals surface area contributed by atoms with E-state index in [2.05, 4.69) is 20.2 Å². The molecule has 2 aromatic heterocycles. The Labute approximate surface area is 191 Å². The van der Waals surface area contributed by atoms with Gasteiger partial charge in [0.1, 0.15) is 27.1 Å². The first-order valence-corrected chi connectivity index (χ1v) is 11.6. The van der Waals surface area contributed by atoms with Crippen LogP contribution in [0.4, 0.5) is 4.39 Å². The highest BCUT2D eigenvalue weighted by Crippen LogP contribution is 2.36. The Kier molecular flexibility index (Phi) is 6.22. The molecule has 1 aliphatic rings. The van der Waals surface area contributed by atoms with Gasteiger partial charge in [0.15, 0.2) is 0 Å². The van der Waals surface area contributed by atoms with E-state index in [1.165, 1.54) is 22.7 Å². The van der Waals surface area contributed by atoms with Gasteiger partial charge in [0.25, 0.3) is 0 Å². The van der Waals surface area contributed by atoms with Crippen molar-refractivity contribution in [3.05, 3.63) is 39.6 Å². The molecule has 1 aliphatic heterocycles. The number of hydrogen-bond donors (Lipinski definition) is 3. The summed E-state index contributed by atoms with van der Waals surface area (Å²) in [7, 11) is 2.00. The first kappa shape index (κ1) is 22.3. The van der Waals surface area contributed by atoms with Gasteiger partial charge in [-0.15, -0.1) is 22.7 Å². The lowest BCUT2D eigenvalue weighted by molar-refractivity contribution is -0.124. The number of phenols is 1. The lowest BCUT2D eigenvalue weighted by Gasteiger charge is -2.10. The zero-order valence-electron chi connectivity index (χ0n) is 17.4. The molecule has 3 aromatic rings. The van der Waals surface area contributed by atoms with Gasteiger partial charge in [0, 0.05) is 17.5 Å². The van der Waals surface area contributed by atoms with E-state index in [-0.39, 0.29) is 17.4 Å². The molecule has 8 nitrogen and oxygen atoms in total. The molecule has 1 atom stereocenters. The average Bonchev–Trinajstić information content (AvgIpc) is 3.47. The Balaban J connectivity index is 1.50. The van der Waals surface area contributed by atoms with Crippen molar-refractivity contribution < 1.29 is 24.2 Å². The number of benzene rings is 1. The Bertz CT molecular complexity index is 1190. The number of aromatic carboxylic acids is 1. The van der Waals surface area contributed by atoms with E-state index in [4.69, 9.17) is 5.11 Å². The Morgan fingerprint density at radius 1 is 1.34 bits per heavy atom. The summed E-state index contributed by atoms with van der Waals surface area (Å²) < 4.78 is 14.4. The zero-order valence-corrected chi connectivity index (χ0v) is 19.0. The van der Waals surface area contributed by atoms with Crippen LogP contribution in [0.3, 0.4) is 0 Å². The van der Waals surface area contributed by atoms with E-state index in [1.54, 1.807) is 5.38 Å². The fourth-order valence-corrected chi connectivity index (χ4v) is 5.49. The van der Waals surface area contributed by atoms with Crippen molar-refractivity contribution in [2.75, 3.05) is 20.1 Å². The summed E-state index contributed by atoms with van der Waals surface area (Å²) in [4.78, 5) is 35.3. The summed E-state index contributed by atoms with van der Waals surface area (Å²) >= 11 is 2.59. The molecular formula is C21H21FN4O4S2. The third-order valence-corrected chi connectivity index (χ3v) is 7.36. The maximum absolute atomic E-state index is 14.4. The molecule has 1 amide bonds. The number of rotatable bonds is 6. The van der Waals surface area contributed by atoms with E-state index in [0.717, 1.165) is 47.2 Å². The number of likely N-dealkylation sites (tertiary alicyclic amines) is 1. The molecule has 1 saturated heterocycles. The van der Waals surface area contributed by atoms with Crippen LogP contribution in [-0.4, -0.2) is 57.1 Å². The summed E-state index contributed by atoms with van der Waals surface area (Å²) in [6.45, 7) is 3.86. The van der Waals surface area contributed by atoms with Crippen LogP contribution in [0.5, 0.6) is 5.75 Å². The normalized spacial score (nSPS) is 16.4. The Morgan fingerprint density at radius 3 is 2.81 bits per heavy atom. The maximum Gasteiger partial charge on any atom is 0.339 e. The second-order valence-electron chi connectivity index (χ2n) is 7.68. The number of amides is 1. The first-order valence-electron chi connectivity index (χ1n) is 9.87. The summed E-state index contributed by atoms with van der Waals surface area (Å²) in [6.07, 6.45) is 0.853. The lowest BCUT2D eigenvalue weighted by Crippen LogP contribution is -2.31. The minimum atomic E-state index is -1.41. The fourth-order valence-electron chi connectivity index (χ4n) is 3.62. The highest BCUT2D eigenvalue weighted by molar-refractivity contribution is 7.16. The van der Waals surface area contributed by atoms with Gasteiger partial charge < -0.3 is 20.4 Å². The minimum absolute atomic E-state index is 0.000422. The van der Waals surface area contributed by atoms with Crippen molar-refractivity contribution >= 4 is 34.6 Å². The van der Waals surface area contributed by atoms with Crippen LogP contribution in [-0.2, 0) is 11.3 Å². The Hall–Kier alpha value is -2.89. The quantitative estimate of drug-likeness (QED) is 0.500. The molecule has 1 aromatic carbocycles. The maximum atomic E-state index is 14.4. The monoisotopic (exact) mass is 476 g/mol. The van der Waals surface area contributed by atoms with Crippen LogP contribution in [0.1, 0.15) is 27.5 Å². The Morgan fingerprint density at radius 2 is 2.12 bits per heavy atom. The molecule has 1 fully saturated rings. The predicted octanol–water partition coefficient (Wildman–Crippen LogP) is 3.35. The van der Waals surface area contributed by atoms with Crippen molar-refractivity contribution in [2.45, 2.75) is 19.9 Å². The number of aryl methyl sites for hydroxylation is 1. The lowest BCUT2D eigenvalue weighted by atomic mass is 10.1.